The van der Waals surface area contributed by atoms with Crippen molar-refractivity contribution in [2.75, 3.05) is 4.72 Å². The molecule has 0 aliphatic carbocycles. The summed E-state index contributed by atoms with van der Waals surface area (Å²) in [5, 5.41) is 3.22. The Kier molecular flexibility index (Phi) is 3.47. The lowest BCUT2D eigenvalue weighted by Crippen LogP contribution is -2.14. The molecule has 2 aromatic carbocycles. The molecule has 2 aromatic rings. The molecule has 4 nitrogen and oxygen atoms in total. The zero-order valence-electron chi connectivity index (χ0n) is 12.1. The molecule has 0 aromatic heterocycles. The third-order valence-electron chi connectivity index (χ3n) is 3.76. The van der Waals surface area contributed by atoms with Gasteiger partial charge in [-0.05, 0) is 54.3 Å². The molecule has 21 heavy (non-hydrogen) atoms. The van der Waals surface area contributed by atoms with Gasteiger partial charge < -0.3 is 5.32 Å². The molecule has 0 fully saturated rings. The van der Waals surface area contributed by atoms with Crippen LogP contribution >= 0.6 is 0 Å². The molecule has 0 bridgehead atoms. The highest BCUT2D eigenvalue weighted by atomic mass is 32.2. The summed E-state index contributed by atoms with van der Waals surface area (Å²) < 4.78 is 27.8. The van der Waals surface area contributed by atoms with Crippen LogP contribution in [-0.4, -0.2) is 8.42 Å². The standard InChI is InChI=1S/C16H18N2O2S/c1-11-3-4-12(2)16(7-11)18-21(19,20)15-6-5-13-9-17-10-14(13)8-15/h3-8,17-18H,9-10H2,1-2H3. The summed E-state index contributed by atoms with van der Waals surface area (Å²) >= 11 is 0. The maximum absolute atomic E-state index is 12.5. The zero-order chi connectivity index (χ0) is 15.0. The van der Waals surface area contributed by atoms with Crippen molar-refractivity contribution in [3.8, 4) is 0 Å². The molecule has 0 radical (unpaired) electrons. The van der Waals surface area contributed by atoms with Crippen molar-refractivity contribution in [2.24, 2.45) is 0 Å². The average Bonchev–Trinajstić information content (AvgIpc) is 2.90. The third kappa shape index (κ3) is 2.80. The van der Waals surface area contributed by atoms with Crippen molar-refractivity contribution in [1.82, 2.24) is 5.32 Å². The minimum Gasteiger partial charge on any atom is -0.309 e. The maximum atomic E-state index is 12.5. The Labute approximate surface area is 125 Å². The summed E-state index contributed by atoms with van der Waals surface area (Å²) in [4.78, 5) is 0.311. The Morgan fingerprint density at radius 1 is 1.00 bits per heavy atom. The molecule has 1 aliphatic heterocycles. The predicted octanol–water partition coefficient (Wildman–Crippen LogP) is 2.71. The minimum atomic E-state index is -3.55. The number of sulfonamides is 1. The fourth-order valence-corrected chi connectivity index (χ4v) is 3.66. The number of aryl methyl sites for hydroxylation is 2. The molecule has 0 unspecified atom stereocenters. The Balaban J connectivity index is 1.95. The topological polar surface area (TPSA) is 58.2 Å². The highest BCUT2D eigenvalue weighted by molar-refractivity contribution is 7.92. The van der Waals surface area contributed by atoms with E-state index in [1.165, 1.54) is 5.56 Å². The lowest BCUT2D eigenvalue weighted by molar-refractivity contribution is 0.601. The molecular weight excluding hydrogens is 284 g/mol. The first kappa shape index (κ1) is 14.1. The van der Waals surface area contributed by atoms with Crippen LogP contribution in [0.5, 0.6) is 0 Å². The van der Waals surface area contributed by atoms with Gasteiger partial charge in [0.05, 0.1) is 10.6 Å². The number of benzene rings is 2. The zero-order valence-corrected chi connectivity index (χ0v) is 12.9. The molecule has 0 amide bonds. The monoisotopic (exact) mass is 302 g/mol. The summed E-state index contributed by atoms with van der Waals surface area (Å²) in [6.45, 7) is 5.37. The van der Waals surface area contributed by atoms with Crippen LogP contribution < -0.4 is 10.0 Å². The molecule has 110 valence electrons. The van der Waals surface area contributed by atoms with Crippen LogP contribution in [0, 0.1) is 13.8 Å². The van der Waals surface area contributed by atoms with Crippen LogP contribution in [0.2, 0.25) is 0 Å². The van der Waals surface area contributed by atoms with Gasteiger partial charge in [0.25, 0.3) is 10.0 Å². The first-order chi connectivity index (χ1) is 9.95. The summed E-state index contributed by atoms with van der Waals surface area (Å²) in [5.74, 6) is 0. The smallest absolute Gasteiger partial charge is 0.261 e. The second-order valence-corrected chi connectivity index (χ2v) is 7.14. The largest absolute Gasteiger partial charge is 0.309 e. The highest BCUT2D eigenvalue weighted by Gasteiger charge is 2.19. The average molecular weight is 302 g/mol. The molecular formula is C16H18N2O2S. The molecule has 0 atom stereocenters. The minimum absolute atomic E-state index is 0.311. The third-order valence-corrected chi connectivity index (χ3v) is 5.12. The van der Waals surface area contributed by atoms with E-state index in [2.05, 4.69) is 10.0 Å². The van der Waals surface area contributed by atoms with Crippen molar-refractivity contribution < 1.29 is 8.42 Å². The van der Waals surface area contributed by atoms with Crippen LogP contribution in [0.15, 0.2) is 41.3 Å². The van der Waals surface area contributed by atoms with E-state index in [0.717, 1.165) is 29.8 Å². The highest BCUT2D eigenvalue weighted by Crippen LogP contribution is 2.24. The van der Waals surface area contributed by atoms with Crippen LogP contribution in [0.25, 0.3) is 0 Å². The molecule has 0 spiro atoms. The summed E-state index contributed by atoms with van der Waals surface area (Å²) in [6.07, 6.45) is 0. The van der Waals surface area contributed by atoms with Gasteiger partial charge >= 0.3 is 0 Å². The number of fused-ring (bicyclic) bond motifs is 1. The van der Waals surface area contributed by atoms with Crippen molar-refractivity contribution in [1.29, 1.82) is 0 Å². The Bertz CT molecular complexity index is 798. The van der Waals surface area contributed by atoms with Crippen molar-refractivity contribution in [3.05, 3.63) is 58.7 Å². The van der Waals surface area contributed by atoms with Gasteiger partial charge in [-0.1, -0.05) is 18.2 Å². The molecule has 1 heterocycles. The fraction of sp³-hybridized carbons (Fsp3) is 0.250. The van der Waals surface area contributed by atoms with Gasteiger partial charge in [0, 0.05) is 13.1 Å². The van der Waals surface area contributed by atoms with Crippen LogP contribution in [0.1, 0.15) is 22.3 Å². The van der Waals surface area contributed by atoms with E-state index in [1.807, 2.05) is 38.1 Å². The second kappa shape index (κ2) is 5.16. The lowest BCUT2D eigenvalue weighted by atomic mass is 10.1. The summed E-state index contributed by atoms with van der Waals surface area (Å²) in [6, 6.07) is 11.0. The van der Waals surface area contributed by atoms with Crippen LogP contribution in [0.4, 0.5) is 5.69 Å². The number of rotatable bonds is 3. The van der Waals surface area contributed by atoms with Crippen LogP contribution in [0.3, 0.4) is 0 Å². The molecule has 2 N–H and O–H groups in total. The lowest BCUT2D eigenvalue weighted by Gasteiger charge is -2.12. The van der Waals surface area contributed by atoms with E-state index in [0.29, 0.717) is 10.6 Å². The van der Waals surface area contributed by atoms with E-state index in [-0.39, 0.29) is 0 Å². The van der Waals surface area contributed by atoms with Gasteiger partial charge in [-0.2, -0.15) is 0 Å². The van der Waals surface area contributed by atoms with E-state index in [1.54, 1.807) is 12.1 Å². The van der Waals surface area contributed by atoms with Gasteiger partial charge in [0.2, 0.25) is 0 Å². The summed E-state index contributed by atoms with van der Waals surface area (Å²) in [5.41, 5.74) is 4.79. The Morgan fingerprint density at radius 3 is 2.57 bits per heavy atom. The quantitative estimate of drug-likeness (QED) is 0.916. The SMILES string of the molecule is Cc1ccc(C)c(NS(=O)(=O)c2ccc3c(c2)CNC3)c1. The normalized spacial score (nSPS) is 14.0. The Hall–Kier alpha value is -1.85. The van der Waals surface area contributed by atoms with Crippen molar-refractivity contribution in [3.63, 3.8) is 0 Å². The Morgan fingerprint density at radius 2 is 1.76 bits per heavy atom. The van der Waals surface area contributed by atoms with E-state index >= 15 is 0 Å². The molecule has 3 rings (SSSR count). The fourth-order valence-electron chi connectivity index (χ4n) is 2.49. The van der Waals surface area contributed by atoms with Gasteiger partial charge in [0.1, 0.15) is 0 Å². The van der Waals surface area contributed by atoms with E-state index < -0.39 is 10.0 Å². The van der Waals surface area contributed by atoms with Crippen molar-refractivity contribution >= 4 is 15.7 Å². The van der Waals surface area contributed by atoms with E-state index in [9.17, 15) is 8.42 Å². The van der Waals surface area contributed by atoms with E-state index in [4.69, 9.17) is 0 Å². The van der Waals surface area contributed by atoms with Gasteiger partial charge in [-0.15, -0.1) is 0 Å². The van der Waals surface area contributed by atoms with Crippen molar-refractivity contribution in [2.45, 2.75) is 31.8 Å². The first-order valence-corrected chi connectivity index (χ1v) is 8.37. The van der Waals surface area contributed by atoms with Gasteiger partial charge in [-0.3, -0.25) is 4.72 Å². The molecule has 0 saturated carbocycles. The summed E-state index contributed by atoms with van der Waals surface area (Å²) in [7, 11) is -3.55. The first-order valence-electron chi connectivity index (χ1n) is 6.88. The number of anilines is 1. The molecule has 1 aliphatic rings. The molecule has 5 heteroatoms. The number of hydrogen-bond acceptors (Lipinski definition) is 3. The number of nitrogens with one attached hydrogen (secondary N) is 2. The maximum Gasteiger partial charge on any atom is 0.261 e. The predicted molar refractivity (Wildman–Crippen MR) is 83.7 cm³/mol. The van der Waals surface area contributed by atoms with Crippen LogP contribution in [-0.2, 0) is 23.1 Å². The number of hydrogen-bond donors (Lipinski definition) is 2. The molecule has 0 saturated heterocycles. The second-order valence-electron chi connectivity index (χ2n) is 5.46. The van der Waals surface area contributed by atoms with Gasteiger partial charge in [-0.25, -0.2) is 8.42 Å². The van der Waals surface area contributed by atoms with Gasteiger partial charge in [0.15, 0.2) is 0 Å².